The highest BCUT2D eigenvalue weighted by Crippen LogP contribution is 2.72. The molecule has 0 bridgehead atoms. The van der Waals surface area contributed by atoms with E-state index in [9.17, 15) is 9.13 Å². The second kappa shape index (κ2) is 7.12. The zero-order chi connectivity index (χ0) is 17.9. The SMILES string of the molecule is C[P@](=O)(c1ccccc1)C(c1ccccn1)[P@@](C)(=O)c1ccccc1. The minimum absolute atomic E-state index is 0.617. The highest BCUT2D eigenvalue weighted by Gasteiger charge is 2.44. The van der Waals surface area contributed by atoms with Crippen LogP contribution in [0.4, 0.5) is 0 Å². The lowest BCUT2D eigenvalue weighted by molar-refractivity contribution is 0.571. The summed E-state index contributed by atoms with van der Waals surface area (Å²) < 4.78 is 27.8. The van der Waals surface area contributed by atoms with E-state index in [-0.39, 0.29) is 0 Å². The lowest BCUT2D eigenvalue weighted by Crippen LogP contribution is -2.17. The Balaban J connectivity index is 2.22. The predicted octanol–water partition coefficient (Wildman–Crippen LogP) is 4.72. The van der Waals surface area contributed by atoms with Gasteiger partial charge in [-0.15, -0.1) is 0 Å². The minimum atomic E-state index is -2.99. The van der Waals surface area contributed by atoms with Crippen molar-refractivity contribution in [3.8, 4) is 0 Å². The first-order valence-corrected chi connectivity index (χ1v) is 12.6. The smallest absolute Gasteiger partial charge is 0.128 e. The van der Waals surface area contributed by atoms with E-state index >= 15 is 0 Å². The number of aromatic nitrogens is 1. The fourth-order valence-electron chi connectivity index (χ4n) is 3.18. The summed E-state index contributed by atoms with van der Waals surface area (Å²) in [6.07, 6.45) is 1.66. The molecule has 5 heteroatoms. The van der Waals surface area contributed by atoms with Crippen LogP contribution in [0.15, 0.2) is 85.1 Å². The van der Waals surface area contributed by atoms with E-state index in [1.54, 1.807) is 19.5 Å². The van der Waals surface area contributed by atoms with Gasteiger partial charge >= 0.3 is 0 Å². The average molecular weight is 369 g/mol. The first kappa shape index (κ1) is 17.9. The molecule has 0 N–H and O–H groups in total. The molecule has 3 rings (SSSR count). The molecule has 0 saturated carbocycles. The monoisotopic (exact) mass is 369 g/mol. The second-order valence-corrected chi connectivity index (χ2v) is 12.7. The van der Waals surface area contributed by atoms with Crippen molar-refractivity contribution < 1.29 is 9.13 Å². The Morgan fingerprint density at radius 1 is 0.680 bits per heavy atom. The number of hydrogen-bond acceptors (Lipinski definition) is 3. The Morgan fingerprint density at radius 3 is 1.52 bits per heavy atom. The number of hydrogen-bond donors (Lipinski definition) is 0. The molecular weight excluding hydrogens is 348 g/mol. The second-order valence-electron chi connectivity index (χ2n) is 6.28. The maximum absolute atomic E-state index is 13.9. The molecule has 1 heterocycles. The Hall–Kier alpha value is -1.95. The van der Waals surface area contributed by atoms with Gasteiger partial charge in [-0.3, -0.25) is 4.98 Å². The summed E-state index contributed by atoms with van der Waals surface area (Å²) in [5, 5.41) is 0.804. The molecule has 0 radical (unpaired) electrons. The van der Waals surface area contributed by atoms with Crippen molar-refractivity contribution in [1.29, 1.82) is 0 Å². The maximum atomic E-state index is 13.9. The van der Waals surface area contributed by atoms with Gasteiger partial charge in [-0.2, -0.15) is 0 Å². The van der Waals surface area contributed by atoms with Gasteiger partial charge in [-0.05, 0) is 25.5 Å². The first-order valence-electron chi connectivity index (χ1n) is 8.10. The molecule has 3 nitrogen and oxygen atoms in total. The van der Waals surface area contributed by atoms with Crippen LogP contribution < -0.4 is 10.6 Å². The van der Waals surface area contributed by atoms with Crippen LogP contribution in [-0.4, -0.2) is 18.3 Å². The van der Waals surface area contributed by atoms with Crippen molar-refractivity contribution >= 4 is 24.9 Å². The van der Waals surface area contributed by atoms with Crippen molar-refractivity contribution in [2.75, 3.05) is 13.3 Å². The molecule has 0 fully saturated rings. The van der Waals surface area contributed by atoms with Crippen LogP contribution in [-0.2, 0) is 9.13 Å². The van der Waals surface area contributed by atoms with E-state index in [0.29, 0.717) is 5.69 Å². The van der Waals surface area contributed by atoms with Gasteiger partial charge in [0.15, 0.2) is 0 Å². The quantitative estimate of drug-likeness (QED) is 0.612. The third-order valence-corrected chi connectivity index (χ3v) is 12.1. The Kier molecular flexibility index (Phi) is 5.08. The zero-order valence-corrected chi connectivity index (χ0v) is 16.1. The minimum Gasteiger partial charge on any atom is -0.318 e. The lowest BCUT2D eigenvalue weighted by atomic mass is 10.4. The largest absolute Gasteiger partial charge is 0.318 e. The van der Waals surface area contributed by atoms with E-state index in [4.69, 9.17) is 0 Å². The summed E-state index contributed by atoms with van der Waals surface area (Å²) in [6.45, 7) is 3.45. The van der Waals surface area contributed by atoms with Crippen molar-refractivity contribution in [2.24, 2.45) is 0 Å². The molecule has 0 unspecified atom stereocenters. The maximum Gasteiger partial charge on any atom is 0.128 e. The third kappa shape index (κ3) is 3.54. The molecule has 0 spiro atoms. The van der Waals surface area contributed by atoms with E-state index in [1.807, 2.05) is 78.9 Å². The Labute approximate surface area is 148 Å². The van der Waals surface area contributed by atoms with Gasteiger partial charge < -0.3 is 9.13 Å². The number of benzene rings is 2. The third-order valence-electron chi connectivity index (χ3n) is 4.42. The fourth-order valence-corrected chi connectivity index (χ4v) is 10.8. The number of pyridine rings is 1. The highest BCUT2D eigenvalue weighted by atomic mass is 31.2. The van der Waals surface area contributed by atoms with Crippen LogP contribution in [0.2, 0.25) is 0 Å². The lowest BCUT2D eigenvalue weighted by Gasteiger charge is -2.30. The number of rotatable bonds is 5. The standard InChI is InChI=1S/C20H21NO2P2/c1-24(22,17-11-5-3-6-12-17)20(19-15-9-10-16-21-19)25(2,23)18-13-7-4-8-14-18/h3-16,20H,1-2H3/t24-,25-/m0/s1. The van der Waals surface area contributed by atoms with Gasteiger partial charge in [-0.1, -0.05) is 66.7 Å². The molecule has 128 valence electrons. The molecule has 3 aromatic rings. The van der Waals surface area contributed by atoms with E-state index in [2.05, 4.69) is 4.98 Å². The van der Waals surface area contributed by atoms with Gasteiger partial charge in [0, 0.05) is 16.8 Å². The molecule has 2 atom stereocenters. The molecule has 1 aromatic heterocycles. The van der Waals surface area contributed by atoms with Crippen LogP contribution in [0.3, 0.4) is 0 Å². The summed E-state index contributed by atoms with van der Waals surface area (Å²) in [7, 11) is -5.98. The molecule has 0 aliphatic rings. The molecule has 0 aliphatic heterocycles. The summed E-state index contributed by atoms with van der Waals surface area (Å²) in [4.78, 5) is 4.42. The van der Waals surface area contributed by atoms with Gasteiger partial charge in [0.1, 0.15) is 19.7 Å². The van der Waals surface area contributed by atoms with Crippen LogP contribution in [0, 0.1) is 0 Å². The zero-order valence-electron chi connectivity index (χ0n) is 14.3. The molecule has 25 heavy (non-hydrogen) atoms. The molecule has 0 amide bonds. The summed E-state index contributed by atoms with van der Waals surface area (Å²) >= 11 is 0. The van der Waals surface area contributed by atoms with Crippen LogP contribution in [0.1, 0.15) is 11.1 Å². The molecule has 0 saturated heterocycles. The van der Waals surface area contributed by atoms with Gasteiger partial charge in [-0.25, -0.2) is 0 Å². The van der Waals surface area contributed by atoms with Crippen LogP contribution in [0.5, 0.6) is 0 Å². The average Bonchev–Trinajstić information content (AvgIpc) is 2.64. The van der Waals surface area contributed by atoms with Crippen molar-refractivity contribution in [3.05, 3.63) is 90.8 Å². The van der Waals surface area contributed by atoms with Gasteiger partial charge in [0.05, 0.1) is 5.69 Å². The molecule has 0 aliphatic carbocycles. The van der Waals surface area contributed by atoms with Crippen LogP contribution in [0.25, 0.3) is 0 Å². The molecular formula is C20H21NO2P2. The summed E-state index contributed by atoms with van der Waals surface area (Å²) in [6, 6.07) is 24.1. The van der Waals surface area contributed by atoms with Gasteiger partial charge in [0.25, 0.3) is 0 Å². The van der Waals surface area contributed by atoms with Gasteiger partial charge in [0.2, 0.25) is 0 Å². The first-order chi connectivity index (χ1) is 11.9. The molecule has 2 aromatic carbocycles. The highest BCUT2D eigenvalue weighted by molar-refractivity contribution is 7.87. The summed E-state index contributed by atoms with van der Waals surface area (Å²) in [5.74, 6) is 0. The van der Waals surface area contributed by atoms with E-state index < -0.39 is 19.7 Å². The van der Waals surface area contributed by atoms with Crippen molar-refractivity contribution in [2.45, 2.75) is 5.40 Å². The normalized spacial score (nSPS) is 16.1. The van der Waals surface area contributed by atoms with E-state index in [0.717, 1.165) is 10.6 Å². The Bertz CT molecular complexity index is 868. The van der Waals surface area contributed by atoms with E-state index in [1.165, 1.54) is 0 Å². The van der Waals surface area contributed by atoms with Crippen molar-refractivity contribution in [3.63, 3.8) is 0 Å². The summed E-state index contributed by atoms with van der Waals surface area (Å²) in [5.41, 5.74) is 0.617. The van der Waals surface area contributed by atoms with Crippen molar-refractivity contribution in [1.82, 2.24) is 4.98 Å². The fraction of sp³-hybridized carbons (Fsp3) is 0.150. The Morgan fingerprint density at radius 2 is 1.12 bits per heavy atom. The predicted molar refractivity (Wildman–Crippen MR) is 106 cm³/mol. The number of nitrogens with zero attached hydrogens (tertiary/aromatic N) is 1. The van der Waals surface area contributed by atoms with Crippen LogP contribution >= 0.6 is 14.3 Å². The topological polar surface area (TPSA) is 47.0 Å².